The van der Waals surface area contributed by atoms with Crippen LogP contribution in [-0.2, 0) is 12.8 Å². The molecule has 120 valence electrons. The van der Waals surface area contributed by atoms with Crippen LogP contribution in [0, 0.1) is 0 Å². The van der Waals surface area contributed by atoms with Crippen molar-refractivity contribution >= 4 is 28.6 Å². The standard InChI is InChI=1S/C18H21N3OS/c1-12(13-7-9-15(19)10-8-13)20-21-18(22)17-11-14-5-3-2-4-6-16(14)23-17/h7-11H,2-6,19H2,1H3,(H,21,22)/b20-12+. The van der Waals surface area contributed by atoms with E-state index >= 15 is 0 Å². The highest BCUT2D eigenvalue weighted by atomic mass is 32.1. The minimum Gasteiger partial charge on any atom is -0.399 e. The van der Waals surface area contributed by atoms with Crippen LogP contribution in [0.3, 0.4) is 0 Å². The number of hydrogen-bond acceptors (Lipinski definition) is 4. The third kappa shape index (κ3) is 3.79. The van der Waals surface area contributed by atoms with Gasteiger partial charge in [-0.2, -0.15) is 5.10 Å². The summed E-state index contributed by atoms with van der Waals surface area (Å²) in [7, 11) is 0. The van der Waals surface area contributed by atoms with Gasteiger partial charge in [-0.15, -0.1) is 11.3 Å². The maximum atomic E-state index is 12.3. The van der Waals surface area contributed by atoms with Gasteiger partial charge in [-0.25, -0.2) is 5.43 Å². The lowest BCUT2D eigenvalue weighted by Crippen LogP contribution is -2.18. The molecule has 0 bridgehead atoms. The van der Waals surface area contributed by atoms with Gasteiger partial charge < -0.3 is 5.73 Å². The largest absolute Gasteiger partial charge is 0.399 e. The number of thiophene rings is 1. The SMILES string of the molecule is C/C(=N\NC(=O)c1cc2c(s1)CCCCC2)c1ccc(N)cc1. The van der Waals surface area contributed by atoms with Gasteiger partial charge >= 0.3 is 0 Å². The Hall–Kier alpha value is -2.14. The first-order valence-corrected chi connectivity index (χ1v) is 8.77. The second kappa shape index (κ2) is 6.96. The van der Waals surface area contributed by atoms with Crippen molar-refractivity contribution in [2.24, 2.45) is 5.10 Å². The van der Waals surface area contributed by atoms with Crippen molar-refractivity contribution in [1.82, 2.24) is 5.43 Å². The number of amides is 1. The predicted octanol–water partition coefficient (Wildman–Crippen LogP) is 3.75. The first kappa shape index (κ1) is 15.7. The quantitative estimate of drug-likeness (QED) is 0.390. The molecular formula is C18H21N3OS. The summed E-state index contributed by atoms with van der Waals surface area (Å²) < 4.78 is 0. The molecule has 0 aliphatic heterocycles. The molecule has 1 heterocycles. The van der Waals surface area contributed by atoms with Crippen LogP contribution in [0.4, 0.5) is 5.69 Å². The van der Waals surface area contributed by atoms with Crippen molar-refractivity contribution in [3.63, 3.8) is 0 Å². The number of aryl methyl sites for hydroxylation is 2. The van der Waals surface area contributed by atoms with E-state index in [1.165, 1.54) is 29.7 Å². The minimum absolute atomic E-state index is 0.127. The Morgan fingerprint density at radius 2 is 1.91 bits per heavy atom. The van der Waals surface area contributed by atoms with Gasteiger partial charge in [-0.3, -0.25) is 4.79 Å². The summed E-state index contributed by atoms with van der Waals surface area (Å²) in [5, 5.41) is 4.21. The van der Waals surface area contributed by atoms with Crippen LogP contribution in [0.1, 0.15) is 51.9 Å². The molecule has 0 saturated heterocycles. The third-order valence-corrected chi connectivity index (χ3v) is 5.36. The number of hydrazone groups is 1. The zero-order chi connectivity index (χ0) is 16.2. The Balaban J connectivity index is 1.69. The van der Waals surface area contributed by atoms with E-state index in [2.05, 4.69) is 10.5 Å². The topological polar surface area (TPSA) is 67.5 Å². The van der Waals surface area contributed by atoms with E-state index < -0.39 is 0 Å². The van der Waals surface area contributed by atoms with Crippen molar-refractivity contribution in [1.29, 1.82) is 0 Å². The van der Waals surface area contributed by atoms with E-state index in [1.807, 2.05) is 37.3 Å². The van der Waals surface area contributed by atoms with Crippen LogP contribution < -0.4 is 11.2 Å². The highest BCUT2D eigenvalue weighted by Gasteiger charge is 2.16. The summed E-state index contributed by atoms with van der Waals surface area (Å²) in [6.07, 6.45) is 5.92. The van der Waals surface area contributed by atoms with Crippen LogP contribution in [0.5, 0.6) is 0 Å². The normalized spacial score (nSPS) is 14.9. The zero-order valence-electron chi connectivity index (χ0n) is 13.3. The number of nitrogens with zero attached hydrogens (tertiary/aromatic N) is 1. The predicted molar refractivity (Wildman–Crippen MR) is 96.1 cm³/mol. The molecule has 0 radical (unpaired) electrons. The number of benzene rings is 1. The molecule has 4 nitrogen and oxygen atoms in total. The monoisotopic (exact) mass is 327 g/mol. The first-order chi connectivity index (χ1) is 11.1. The van der Waals surface area contributed by atoms with Crippen molar-refractivity contribution < 1.29 is 4.79 Å². The number of nitrogens with one attached hydrogen (secondary N) is 1. The van der Waals surface area contributed by atoms with Crippen molar-refractivity contribution in [2.75, 3.05) is 5.73 Å². The van der Waals surface area contributed by atoms with Crippen molar-refractivity contribution in [3.05, 3.63) is 51.2 Å². The van der Waals surface area contributed by atoms with Gasteiger partial charge in [-0.1, -0.05) is 18.6 Å². The summed E-state index contributed by atoms with van der Waals surface area (Å²) in [4.78, 5) is 14.4. The van der Waals surface area contributed by atoms with E-state index in [-0.39, 0.29) is 5.91 Å². The molecule has 3 rings (SSSR count). The fourth-order valence-electron chi connectivity index (χ4n) is 2.76. The van der Waals surface area contributed by atoms with Gasteiger partial charge in [0, 0.05) is 10.6 Å². The average Bonchev–Trinajstić information content (AvgIpc) is 2.84. The molecule has 1 aromatic heterocycles. The smallest absolute Gasteiger partial charge is 0.281 e. The van der Waals surface area contributed by atoms with Gasteiger partial charge in [0.25, 0.3) is 5.91 Å². The average molecular weight is 327 g/mol. The van der Waals surface area contributed by atoms with E-state index in [9.17, 15) is 4.79 Å². The Morgan fingerprint density at radius 1 is 1.17 bits per heavy atom. The number of carbonyl (C=O) groups excluding carboxylic acids is 1. The summed E-state index contributed by atoms with van der Waals surface area (Å²) in [6.45, 7) is 1.87. The molecule has 0 atom stereocenters. The van der Waals surface area contributed by atoms with Gasteiger partial charge in [-0.05, 0) is 61.9 Å². The molecule has 1 aliphatic rings. The lowest BCUT2D eigenvalue weighted by atomic mass is 10.1. The van der Waals surface area contributed by atoms with E-state index in [1.54, 1.807) is 11.3 Å². The fourth-order valence-corrected chi connectivity index (χ4v) is 3.90. The van der Waals surface area contributed by atoms with E-state index in [0.29, 0.717) is 5.69 Å². The first-order valence-electron chi connectivity index (χ1n) is 7.95. The molecule has 23 heavy (non-hydrogen) atoms. The summed E-state index contributed by atoms with van der Waals surface area (Å²) >= 11 is 1.61. The molecule has 0 saturated carbocycles. The second-order valence-corrected chi connectivity index (χ2v) is 7.02. The number of fused-ring (bicyclic) bond motifs is 1. The lowest BCUT2D eigenvalue weighted by Gasteiger charge is -2.02. The number of rotatable bonds is 3. The Labute approximate surface area is 140 Å². The van der Waals surface area contributed by atoms with Crippen LogP contribution >= 0.6 is 11.3 Å². The van der Waals surface area contributed by atoms with E-state index in [0.717, 1.165) is 29.0 Å². The second-order valence-electron chi connectivity index (χ2n) is 5.88. The molecule has 1 aromatic carbocycles. The zero-order valence-corrected chi connectivity index (χ0v) is 14.1. The Morgan fingerprint density at radius 3 is 2.70 bits per heavy atom. The maximum absolute atomic E-state index is 12.3. The number of carbonyl (C=O) groups is 1. The summed E-state index contributed by atoms with van der Waals surface area (Å²) in [5.41, 5.74) is 12.1. The minimum atomic E-state index is -0.127. The Kier molecular flexibility index (Phi) is 4.76. The summed E-state index contributed by atoms with van der Waals surface area (Å²) in [6, 6.07) is 9.48. The van der Waals surface area contributed by atoms with Crippen molar-refractivity contribution in [3.8, 4) is 0 Å². The molecule has 0 unspecified atom stereocenters. The third-order valence-electron chi connectivity index (χ3n) is 4.12. The lowest BCUT2D eigenvalue weighted by molar-refractivity contribution is 0.0959. The fraction of sp³-hybridized carbons (Fsp3) is 0.333. The maximum Gasteiger partial charge on any atom is 0.281 e. The molecular weight excluding hydrogens is 306 g/mol. The number of anilines is 1. The molecule has 1 aliphatic carbocycles. The van der Waals surface area contributed by atoms with Gasteiger partial charge in [0.1, 0.15) is 0 Å². The van der Waals surface area contributed by atoms with Crippen LogP contribution in [0.2, 0.25) is 0 Å². The molecule has 2 aromatic rings. The molecule has 0 spiro atoms. The van der Waals surface area contributed by atoms with Crippen LogP contribution in [0.25, 0.3) is 0 Å². The van der Waals surface area contributed by atoms with E-state index in [4.69, 9.17) is 5.73 Å². The molecule has 1 amide bonds. The molecule has 3 N–H and O–H groups in total. The Bertz CT molecular complexity index is 708. The number of nitrogens with two attached hydrogens (primary N) is 1. The molecule has 0 fully saturated rings. The number of hydrogen-bond donors (Lipinski definition) is 2. The molecule has 5 heteroatoms. The highest BCUT2D eigenvalue weighted by molar-refractivity contribution is 7.14. The number of nitrogen functional groups attached to an aromatic ring is 1. The summed E-state index contributed by atoms with van der Waals surface area (Å²) in [5.74, 6) is -0.127. The van der Waals surface area contributed by atoms with Gasteiger partial charge in [0.05, 0.1) is 10.6 Å². The van der Waals surface area contributed by atoms with Crippen LogP contribution in [0.15, 0.2) is 35.4 Å². The highest BCUT2D eigenvalue weighted by Crippen LogP contribution is 2.28. The van der Waals surface area contributed by atoms with Gasteiger partial charge in [0.2, 0.25) is 0 Å². The van der Waals surface area contributed by atoms with Crippen LogP contribution in [-0.4, -0.2) is 11.6 Å². The van der Waals surface area contributed by atoms with Gasteiger partial charge in [0.15, 0.2) is 0 Å². The van der Waals surface area contributed by atoms with Crippen molar-refractivity contribution in [2.45, 2.75) is 39.0 Å².